The molecule has 0 aliphatic heterocycles. The molecule has 0 unspecified atom stereocenters. The molecule has 0 amide bonds. The molecule has 1 aromatic carbocycles. The first-order valence-corrected chi connectivity index (χ1v) is 4.56. The number of hydrogen-bond acceptors (Lipinski definition) is 7. The Bertz CT molecular complexity index is 569. The highest BCUT2D eigenvalue weighted by molar-refractivity contribution is 5.65. The van der Waals surface area contributed by atoms with Crippen LogP contribution in [0.3, 0.4) is 0 Å². The van der Waals surface area contributed by atoms with E-state index in [1.165, 1.54) is 0 Å². The summed E-state index contributed by atoms with van der Waals surface area (Å²) in [6.07, 6.45) is 4.88. The van der Waals surface area contributed by atoms with Gasteiger partial charge in [-0.3, -0.25) is 30.3 Å². The fourth-order valence-electron chi connectivity index (χ4n) is 1.22. The number of rotatable bonds is 5. The molecular formula is C9H5N3O7. The monoisotopic (exact) mass is 267 g/mol. The maximum atomic E-state index is 10.8. The van der Waals surface area contributed by atoms with Crippen LogP contribution in [-0.4, -0.2) is 21.4 Å². The zero-order chi connectivity index (χ0) is 14.6. The van der Waals surface area contributed by atoms with Gasteiger partial charge in [0.25, 0.3) is 11.4 Å². The van der Waals surface area contributed by atoms with E-state index in [-0.39, 0.29) is 0 Å². The van der Waals surface area contributed by atoms with E-state index >= 15 is 0 Å². The molecule has 19 heavy (non-hydrogen) atoms. The Morgan fingerprint density at radius 1 is 1.05 bits per heavy atom. The maximum Gasteiger partial charge on any atom is 0.325 e. The van der Waals surface area contributed by atoms with E-state index in [9.17, 15) is 30.3 Å². The van der Waals surface area contributed by atoms with Crippen molar-refractivity contribution in [3.8, 4) is 18.1 Å². The minimum Gasteiger partial charge on any atom is -0.469 e. The topological polar surface area (TPSA) is 139 Å². The number of hydrogen-bond donors (Lipinski definition) is 0. The predicted octanol–water partition coefficient (Wildman–Crippen LogP) is 1.42. The van der Waals surface area contributed by atoms with Crippen molar-refractivity contribution in [1.82, 2.24) is 0 Å². The van der Waals surface area contributed by atoms with Gasteiger partial charge in [-0.2, -0.15) is 0 Å². The van der Waals surface area contributed by atoms with Crippen molar-refractivity contribution in [3.05, 3.63) is 42.5 Å². The highest BCUT2D eigenvalue weighted by atomic mass is 16.6. The second kappa shape index (κ2) is 5.41. The summed E-state index contributed by atoms with van der Waals surface area (Å²) in [4.78, 5) is 29.1. The van der Waals surface area contributed by atoms with Crippen LogP contribution in [0.2, 0.25) is 0 Å². The molecule has 0 N–H and O–H groups in total. The van der Waals surface area contributed by atoms with E-state index in [1.54, 1.807) is 0 Å². The normalized spacial score (nSPS) is 9.42. The second-order valence-corrected chi connectivity index (χ2v) is 3.08. The summed E-state index contributed by atoms with van der Waals surface area (Å²) < 4.78 is 4.73. The summed E-state index contributed by atoms with van der Waals surface area (Å²) in [5, 5.41) is 32.1. The van der Waals surface area contributed by atoms with E-state index in [0.717, 1.165) is 0 Å². The molecule has 0 aliphatic carbocycles. The molecule has 1 aromatic rings. The Labute approximate surface area is 105 Å². The molecule has 10 heteroatoms. The summed E-state index contributed by atoms with van der Waals surface area (Å²) in [6, 6.07) is 1.14. The second-order valence-electron chi connectivity index (χ2n) is 3.08. The smallest absolute Gasteiger partial charge is 0.325 e. The number of nitro groups is 3. The molecule has 0 aliphatic rings. The van der Waals surface area contributed by atoms with Crippen LogP contribution < -0.4 is 4.74 Å². The molecule has 0 aromatic heterocycles. The number of ether oxygens (including phenoxy) is 1. The van der Waals surface area contributed by atoms with E-state index < -0.39 is 44.2 Å². The number of benzene rings is 1. The summed E-state index contributed by atoms with van der Waals surface area (Å²) in [5.41, 5.74) is -2.57. The lowest BCUT2D eigenvalue weighted by Crippen LogP contribution is -2.04. The van der Waals surface area contributed by atoms with Crippen molar-refractivity contribution in [3.63, 3.8) is 0 Å². The van der Waals surface area contributed by atoms with Crippen molar-refractivity contribution in [2.75, 3.05) is 6.61 Å². The van der Waals surface area contributed by atoms with Gasteiger partial charge in [-0.25, -0.2) is 0 Å². The van der Waals surface area contributed by atoms with E-state index in [1.807, 2.05) is 5.92 Å². The highest BCUT2D eigenvalue weighted by Gasteiger charge is 2.31. The number of nitrogens with zero attached hydrogens (tertiary/aromatic N) is 3. The molecular weight excluding hydrogens is 262 g/mol. The van der Waals surface area contributed by atoms with Crippen molar-refractivity contribution in [2.45, 2.75) is 0 Å². The summed E-state index contributed by atoms with van der Waals surface area (Å²) in [7, 11) is 0. The third-order valence-corrected chi connectivity index (χ3v) is 1.94. The third kappa shape index (κ3) is 2.91. The molecule has 0 atom stereocenters. The molecule has 0 fully saturated rings. The number of non-ortho nitro benzene ring substituents is 1. The van der Waals surface area contributed by atoms with Crippen LogP contribution in [0.5, 0.6) is 5.75 Å². The fourth-order valence-corrected chi connectivity index (χ4v) is 1.22. The van der Waals surface area contributed by atoms with Crippen LogP contribution in [0, 0.1) is 42.7 Å². The van der Waals surface area contributed by atoms with Crippen molar-refractivity contribution in [1.29, 1.82) is 0 Å². The maximum absolute atomic E-state index is 10.8. The number of terminal acetylenes is 1. The van der Waals surface area contributed by atoms with Crippen LogP contribution >= 0.6 is 0 Å². The minimum atomic E-state index is -1.02. The summed E-state index contributed by atoms with van der Waals surface area (Å²) in [5.74, 6) is 1.27. The molecule has 0 radical (unpaired) electrons. The van der Waals surface area contributed by atoms with E-state index in [2.05, 4.69) is 0 Å². The van der Waals surface area contributed by atoms with Gasteiger partial charge in [-0.1, -0.05) is 5.92 Å². The van der Waals surface area contributed by atoms with Crippen LogP contribution in [0.15, 0.2) is 12.1 Å². The van der Waals surface area contributed by atoms with Crippen LogP contribution in [0.4, 0.5) is 17.1 Å². The average Bonchev–Trinajstić information content (AvgIpc) is 2.34. The predicted molar refractivity (Wildman–Crippen MR) is 60.7 cm³/mol. The lowest BCUT2D eigenvalue weighted by atomic mass is 10.2. The first kappa shape index (κ1) is 13.8. The highest BCUT2D eigenvalue weighted by Crippen LogP contribution is 2.40. The lowest BCUT2D eigenvalue weighted by molar-refractivity contribution is -0.404. The Hall–Kier alpha value is -3.22. The van der Waals surface area contributed by atoms with Gasteiger partial charge in [0.2, 0.25) is 0 Å². The van der Waals surface area contributed by atoms with Gasteiger partial charge in [-0.05, 0) is 0 Å². The van der Waals surface area contributed by atoms with Crippen molar-refractivity contribution in [2.24, 2.45) is 0 Å². The standard InChI is InChI=1S/C9H5N3O7/c1-2-3-19-9-7(11(15)16)4-6(10(13)14)5-8(9)12(17)18/h1,4-5H,3H2. The molecule has 0 heterocycles. The Kier molecular flexibility index (Phi) is 3.94. The quantitative estimate of drug-likeness (QED) is 0.446. The average molecular weight is 267 g/mol. The largest absolute Gasteiger partial charge is 0.469 e. The molecule has 0 saturated carbocycles. The van der Waals surface area contributed by atoms with Crippen molar-refractivity contribution >= 4 is 17.1 Å². The molecule has 1 rings (SSSR count). The van der Waals surface area contributed by atoms with Crippen LogP contribution in [0.25, 0.3) is 0 Å². The molecule has 98 valence electrons. The van der Waals surface area contributed by atoms with Gasteiger partial charge >= 0.3 is 11.4 Å². The van der Waals surface area contributed by atoms with Gasteiger partial charge in [0.05, 0.1) is 26.9 Å². The van der Waals surface area contributed by atoms with Gasteiger partial charge in [-0.15, -0.1) is 6.42 Å². The van der Waals surface area contributed by atoms with Gasteiger partial charge in [0.15, 0.2) is 0 Å². The zero-order valence-electron chi connectivity index (χ0n) is 9.14. The fraction of sp³-hybridized carbons (Fsp3) is 0.111. The van der Waals surface area contributed by atoms with E-state index in [0.29, 0.717) is 12.1 Å². The SMILES string of the molecule is C#CCOc1c([N+](=O)[O-])cc([N+](=O)[O-])cc1[N+](=O)[O-]. The lowest BCUT2D eigenvalue weighted by Gasteiger charge is -2.04. The van der Waals surface area contributed by atoms with Crippen LogP contribution in [-0.2, 0) is 0 Å². The number of nitro benzene ring substituents is 3. The Balaban J connectivity index is 3.56. The molecule has 10 nitrogen and oxygen atoms in total. The first-order valence-electron chi connectivity index (χ1n) is 4.56. The Morgan fingerprint density at radius 2 is 1.53 bits per heavy atom. The van der Waals surface area contributed by atoms with Gasteiger partial charge < -0.3 is 4.74 Å². The third-order valence-electron chi connectivity index (χ3n) is 1.94. The molecule has 0 bridgehead atoms. The van der Waals surface area contributed by atoms with E-state index in [4.69, 9.17) is 11.2 Å². The first-order chi connectivity index (χ1) is 8.88. The van der Waals surface area contributed by atoms with Crippen LogP contribution in [0.1, 0.15) is 0 Å². The van der Waals surface area contributed by atoms with Crippen molar-refractivity contribution < 1.29 is 19.5 Å². The molecule has 0 spiro atoms. The Morgan fingerprint density at radius 3 is 1.84 bits per heavy atom. The van der Waals surface area contributed by atoms with Gasteiger partial charge in [0.1, 0.15) is 6.61 Å². The summed E-state index contributed by atoms with van der Waals surface area (Å²) >= 11 is 0. The van der Waals surface area contributed by atoms with Gasteiger partial charge in [0, 0.05) is 0 Å². The minimum absolute atomic E-state index is 0.445. The summed E-state index contributed by atoms with van der Waals surface area (Å²) in [6.45, 7) is -0.445. The molecule has 0 saturated heterocycles. The zero-order valence-corrected chi connectivity index (χ0v) is 9.14.